The van der Waals surface area contributed by atoms with Gasteiger partial charge in [0.25, 0.3) is 0 Å². The molecule has 0 saturated carbocycles. The van der Waals surface area contributed by atoms with E-state index in [4.69, 9.17) is 9.16 Å². The molecule has 3 aliphatic rings. The fourth-order valence-corrected chi connectivity index (χ4v) is 6.89. The molecule has 1 amide bonds. The van der Waals surface area contributed by atoms with Crippen LogP contribution in [0.2, 0.25) is 18.1 Å². The second-order valence-corrected chi connectivity index (χ2v) is 15.4. The topological polar surface area (TPSA) is 55.8 Å². The van der Waals surface area contributed by atoms with E-state index in [1.54, 1.807) is 11.0 Å². The molecule has 0 unspecified atom stereocenters. The number of carbonyl (C=O) groups excluding carboxylic acids is 2. The van der Waals surface area contributed by atoms with Crippen LogP contribution in [0.4, 0.5) is 0 Å². The number of hydrogen-bond donors (Lipinski definition) is 0. The molecule has 0 aliphatic carbocycles. The Morgan fingerprint density at radius 3 is 2.71 bits per heavy atom. The maximum Gasteiger partial charge on any atom is 0.355 e. The lowest BCUT2D eigenvalue weighted by Crippen LogP contribution is -2.65. The first-order valence-electron chi connectivity index (χ1n) is 10.1. The summed E-state index contributed by atoms with van der Waals surface area (Å²) in [5.74, 6) is 1.61. The zero-order chi connectivity index (χ0) is 20.9. The number of ether oxygens (including phenoxy) is 1. The van der Waals surface area contributed by atoms with Crippen LogP contribution in [0.3, 0.4) is 0 Å². The van der Waals surface area contributed by atoms with Gasteiger partial charge in [-0.05, 0) is 42.8 Å². The van der Waals surface area contributed by atoms with Crippen LogP contribution in [0.1, 0.15) is 34.1 Å². The molecule has 156 valence electrons. The van der Waals surface area contributed by atoms with Gasteiger partial charge < -0.3 is 14.1 Å². The molecular weight excluding hydrogens is 390 g/mol. The van der Waals surface area contributed by atoms with E-state index in [1.165, 1.54) is 0 Å². The van der Waals surface area contributed by atoms with Crippen molar-refractivity contribution < 1.29 is 18.8 Å². The van der Waals surface area contributed by atoms with Crippen molar-refractivity contribution in [3.8, 4) is 0 Å². The highest BCUT2D eigenvalue weighted by Gasteiger charge is 2.62. The molecule has 4 atom stereocenters. The number of rotatable bonds is 6. The molecule has 0 aromatic heterocycles. The summed E-state index contributed by atoms with van der Waals surface area (Å²) in [6.45, 7) is 16.9. The lowest BCUT2D eigenvalue weighted by molar-refractivity contribution is -0.163. The highest BCUT2D eigenvalue weighted by Crippen LogP contribution is 2.52. The summed E-state index contributed by atoms with van der Waals surface area (Å²) >= 11 is 1.90. The van der Waals surface area contributed by atoms with Crippen molar-refractivity contribution in [2.75, 3.05) is 18.1 Å². The summed E-state index contributed by atoms with van der Waals surface area (Å²) in [6.07, 6.45) is 2.25. The number of esters is 1. The SMILES string of the molecule is C=CCOC(=O)C1=C2CCSC[C@H]2[C@@H]2[C@@H]([C@@H](C)O[Si](C)(C)C(C)(C)C)C(=O)N12. The van der Waals surface area contributed by atoms with E-state index < -0.39 is 8.32 Å². The number of hydrogen-bond acceptors (Lipinski definition) is 5. The molecule has 5 nitrogen and oxygen atoms in total. The lowest BCUT2D eigenvalue weighted by Gasteiger charge is -2.50. The maximum absolute atomic E-state index is 13.1. The predicted octanol–water partition coefficient (Wildman–Crippen LogP) is 3.97. The largest absolute Gasteiger partial charge is 0.457 e. The van der Waals surface area contributed by atoms with Gasteiger partial charge in [-0.2, -0.15) is 11.8 Å². The monoisotopic (exact) mass is 423 g/mol. The van der Waals surface area contributed by atoms with Crippen molar-refractivity contribution in [2.24, 2.45) is 11.8 Å². The first-order chi connectivity index (χ1) is 13.0. The van der Waals surface area contributed by atoms with E-state index in [0.29, 0.717) is 5.70 Å². The number of fused-ring (bicyclic) bond motifs is 3. The third-order valence-corrected chi connectivity index (χ3v) is 12.4. The van der Waals surface area contributed by atoms with Gasteiger partial charge in [-0.3, -0.25) is 4.79 Å². The highest BCUT2D eigenvalue weighted by molar-refractivity contribution is 7.99. The van der Waals surface area contributed by atoms with Crippen LogP contribution in [-0.2, 0) is 18.8 Å². The third kappa shape index (κ3) is 3.50. The summed E-state index contributed by atoms with van der Waals surface area (Å²) in [5.41, 5.74) is 1.60. The van der Waals surface area contributed by atoms with Gasteiger partial charge in [-0.25, -0.2) is 4.79 Å². The molecule has 2 saturated heterocycles. The normalized spacial score (nSPS) is 28.4. The van der Waals surface area contributed by atoms with Gasteiger partial charge in [0, 0.05) is 11.7 Å². The molecular formula is C21H33NO4SSi. The van der Waals surface area contributed by atoms with Crippen LogP contribution in [0.5, 0.6) is 0 Å². The summed E-state index contributed by atoms with van der Waals surface area (Å²) < 4.78 is 11.9. The van der Waals surface area contributed by atoms with Crippen molar-refractivity contribution in [3.63, 3.8) is 0 Å². The first kappa shape index (κ1) is 21.7. The Morgan fingerprint density at radius 1 is 1.43 bits per heavy atom. The lowest BCUT2D eigenvalue weighted by atomic mass is 9.77. The molecule has 0 radical (unpaired) electrons. The average molecular weight is 424 g/mol. The van der Waals surface area contributed by atoms with Gasteiger partial charge in [-0.1, -0.05) is 33.4 Å². The van der Waals surface area contributed by atoms with Crippen LogP contribution in [0, 0.1) is 11.8 Å². The number of β-lactam (4-membered cyclic amide) rings is 1. The summed E-state index contributed by atoms with van der Waals surface area (Å²) in [5, 5.41) is 0.0904. The minimum absolute atomic E-state index is 0.00802. The second kappa shape index (κ2) is 7.65. The summed E-state index contributed by atoms with van der Waals surface area (Å²) in [6, 6.07) is 0.0290. The van der Waals surface area contributed by atoms with Crippen LogP contribution in [0.15, 0.2) is 23.9 Å². The number of nitrogens with zero attached hydrogens (tertiary/aromatic N) is 1. The number of carbonyl (C=O) groups is 2. The van der Waals surface area contributed by atoms with E-state index in [0.717, 1.165) is 23.5 Å². The average Bonchev–Trinajstić information content (AvgIpc) is 2.89. The summed E-state index contributed by atoms with van der Waals surface area (Å²) in [7, 11) is -1.98. The molecule has 0 N–H and O–H groups in total. The molecule has 0 bridgehead atoms. The predicted molar refractivity (Wildman–Crippen MR) is 115 cm³/mol. The zero-order valence-electron chi connectivity index (χ0n) is 17.9. The third-order valence-electron chi connectivity index (χ3n) is 6.72. The second-order valence-electron chi connectivity index (χ2n) is 9.50. The van der Waals surface area contributed by atoms with Crippen LogP contribution in [0.25, 0.3) is 0 Å². The highest BCUT2D eigenvalue weighted by atomic mass is 32.2. The molecule has 3 aliphatic heterocycles. The fourth-order valence-electron chi connectivity index (χ4n) is 4.28. The Hall–Kier alpha value is -1.05. The van der Waals surface area contributed by atoms with Gasteiger partial charge in [0.2, 0.25) is 5.91 Å². The number of amides is 1. The molecule has 3 heterocycles. The maximum atomic E-state index is 13.1. The van der Waals surface area contributed by atoms with Crippen LogP contribution in [-0.4, -0.2) is 55.4 Å². The van der Waals surface area contributed by atoms with Crippen molar-refractivity contribution in [3.05, 3.63) is 23.9 Å². The Balaban J connectivity index is 1.83. The molecule has 0 aromatic carbocycles. The smallest absolute Gasteiger partial charge is 0.355 e. The Kier molecular flexibility index (Phi) is 5.91. The van der Waals surface area contributed by atoms with Gasteiger partial charge in [0.1, 0.15) is 12.3 Å². The molecule has 28 heavy (non-hydrogen) atoms. The van der Waals surface area contributed by atoms with E-state index >= 15 is 0 Å². The van der Waals surface area contributed by atoms with Crippen molar-refractivity contribution >= 4 is 32.0 Å². The van der Waals surface area contributed by atoms with Crippen LogP contribution >= 0.6 is 11.8 Å². The molecule has 7 heteroatoms. The standard InChI is InChI=1S/C21H33NO4SSi/c1-8-10-25-20(24)18-14-9-11-27-12-15(14)17-16(19(23)22(17)18)13(2)26-28(6,7)21(3,4)5/h8,13,15-17H,1,9-12H2,2-7H3/t13-,15-,16-,17-/m1/s1. The van der Waals surface area contributed by atoms with E-state index in [9.17, 15) is 9.59 Å². The van der Waals surface area contributed by atoms with Gasteiger partial charge in [0.05, 0.1) is 18.1 Å². The van der Waals surface area contributed by atoms with E-state index in [-0.39, 0.29) is 47.5 Å². The molecule has 0 spiro atoms. The fraction of sp³-hybridized carbons (Fsp3) is 0.714. The summed E-state index contributed by atoms with van der Waals surface area (Å²) in [4.78, 5) is 27.5. The Labute approximate surface area is 174 Å². The minimum Gasteiger partial charge on any atom is -0.457 e. The van der Waals surface area contributed by atoms with Crippen molar-refractivity contribution in [1.82, 2.24) is 4.90 Å². The quantitative estimate of drug-likeness (QED) is 0.280. The van der Waals surface area contributed by atoms with Crippen molar-refractivity contribution in [1.29, 1.82) is 0 Å². The van der Waals surface area contributed by atoms with E-state index in [1.807, 2.05) is 18.7 Å². The van der Waals surface area contributed by atoms with Crippen LogP contribution < -0.4 is 0 Å². The first-order valence-corrected chi connectivity index (χ1v) is 14.2. The Bertz CT molecular complexity index is 712. The van der Waals surface area contributed by atoms with Crippen molar-refractivity contribution in [2.45, 2.75) is 64.4 Å². The molecule has 0 aromatic rings. The molecule has 3 rings (SSSR count). The van der Waals surface area contributed by atoms with Gasteiger partial charge in [0.15, 0.2) is 8.32 Å². The zero-order valence-corrected chi connectivity index (χ0v) is 19.7. The van der Waals surface area contributed by atoms with Gasteiger partial charge >= 0.3 is 5.97 Å². The molecule has 2 fully saturated rings. The number of thioether (sulfide) groups is 1. The minimum atomic E-state index is -1.98. The Morgan fingerprint density at radius 2 is 2.11 bits per heavy atom. The van der Waals surface area contributed by atoms with Gasteiger partial charge in [-0.15, -0.1) is 0 Å². The van der Waals surface area contributed by atoms with E-state index in [2.05, 4.69) is 40.4 Å².